The monoisotopic (exact) mass is 391 g/mol. The van der Waals surface area contributed by atoms with Gasteiger partial charge in [0.1, 0.15) is 24.2 Å². The summed E-state index contributed by atoms with van der Waals surface area (Å²) in [5.74, 6) is -3.48. The highest BCUT2D eigenvalue weighted by Crippen LogP contribution is 1.95. The van der Waals surface area contributed by atoms with Gasteiger partial charge in [-0.15, -0.1) is 0 Å². The largest absolute Gasteiger partial charge is 0.394 e. The van der Waals surface area contributed by atoms with E-state index < -0.39 is 60.3 Å². The van der Waals surface area contributed by atoms with Crippen LogP contribution in [0.5, 0.6) is 0 Å². The Morgan fingerprint density at radius 1 is 0.885 bits per heavy atom. The summed E-state index contributed by atoms with van der Waals surface area (Å²) in [4.78, 5) is 58.0. The van der Waals surface area contributed by atoms with Crippen LogP contribution in [0.25, 0.3) is 0 Å². The third kappa shape index (κ3) is 8.16. The second-order valence-electron chi connectivity index (χ2n) is 5.54. The quantitative estimate of drug-likeness (QED) is 0.189. The SMILES string of the molecule is CC(=O)N[C@@H](CO)C(=O)N[C@@H](CS)C(=O)N[C@@H](C)C(=O)N[C@@H](C)C(N)=O. The van der Waals surface area contributed by atoms with Gasteiger partial charge in [0.2, 0.25) is 29.5 Å². The zero-order valence-electron chi connectivity index (χ0n) is 14.7. The molecule has 0 aliphatic heterocycles. The van der Waals surface area contributed by atoms with Crippen molar-refractivity contribution in [3.63, 3.8) is 0 Å². The van der Waals surface area contributed by atoms with Gasteiger partial charge in [0, 0.05) is 12.7 Å². The summed E-state index contributed by atoms with van der Waals surface area (Å²) < 4.78 is 0. The standard InChI is InChI=1S/C14H25N5O6S/c1-6(11(15)22)16-12(23)7(2)17-14(25)10(5-26)19-13(24)9(4-20)18-8(3)21/h6-7,9-10,20,26H,4-5H2,1-3H3,(H2,15,22)(H,16,23)(H,17,25)(H,18,21)(H,19,24)/t6-,7-,9-,10-/m0/s1. The smallest absolute Gasteiger partial charge is 0.245 e. The Balaban J connectivity index is 4.77. The van der Waals surface area contributed by atoms with E-state index in [2.05, 4.69) is 33.9 Å². The lowest BCUT2D eigenvalue weighted by Crippen LogP contribution is -2.58. The van der Waals surface area contributed by atoms with Gasteiger partial charge >= 0.3 is 0 Å². The van der Waals surface area contributed by atoms with Crippen molar-refractivity contribution in [3.05, 3.63) is 0 Å². The Morgan fingerprint density at radius 3 is 1.81 bits per heavy atom. The van der Waals surface area contributed by atoms with Crippen molar-refractivity contribution in [1.82, 2.24) is 21.3 Å². The van der Waals surface area contributed by atoms with Crippen LogP contribution < -0.4 is 27.0 Å². The maximum absolute atomic E-state index is 12.2. The Labute approximate surface area is 156 Å². The minimum Gasteiger partial charge on any atom is -0.394 e. The zero-order chi connectivity index (χ0) is 20.4. The van der Waals surface area contributed by atoms with Crippen LogP contribution in [0, 0.1) is 0 Å². The minimum atomic E-state index is -1.22. The molecule has 148 valence electrons. The van der Waals surface area contributed by atoms with E-state index in [4.69, 9.17) is 10.8 Å². The fourth-order valence-corrected chi connectivity index (χ4v) is 1.95. The number of nitrogens with one attached hydrogen (secondary N) is 4. The summed E-state index contributed by atoms with van der Waals surface area (Å²) in [7, 11) is 0. The van der Waals surface area contributed by atoms with E-state index in [1.165, 1.54) is 20.8 Å². The number of amides is 5. The summed E-state index contributed by atoms with van der Waals surface area (Å²) >= 11 is 3.97. The molecule has 0 fully saturated rings. The minimum absolute atomic E-state index is 0.0954. The lowest BCUT2D eigenvalue weighted by atomic mass is 10.2. The van der Waals surface area contributed by atoms with E-state index >= 15 is 0 Å². The average Bonchev–Trinajstić information content (AvgIpc) is 2.56. The first-order valence-electron chi connectivity index (χ1n) is 7.72. The number of aliphatic hydroxyl groups is 1. The van der Waals surface area contributed by atoms with E-state index in [1.807, 2.05) is 0 Å². The summed E-state index contributed by atoms with van der Waals surface area (Å²) in [5, 5.41) is 18.3. The predicted molar refractivity (Wildman–Crippen MR) is 94.9 cm³/mol. The van der Waals surface area contributed by atoms with Crippen molar-refractivity contribution in [2.75, 3.05) is 12.4 Å². The van der Waals surface area contributed by atoms with Crippen molar-refractivity contribution in [3.8, 4) is 0 Å². The molecule has 0 saturated carbocycles. The molecule has 12 heteroatoms. The Bertz CT molecular complexity index is 558. The fraction of sp³-hybridized carbons (Fsp3) is 0.643. The Hall–Kier alpha value is -2.34. The maximum atomic E-state index is 12.2. The first-order valence-corrected chi connectivity index (χ1v) is 8.35. The average molecular weight is 391 g/mol. The van der Waals surface area contributed by atoms with Crippen LogP contribution in [0.15, 0.2) is 0 Å². The maximum Gasteiger partial charge on any atom is 0.245 e. The third-order valence-electron chi connectivity index (χ3n) is 3.23. The highest BCUT2D eigenvalue weighted by atomic mass is 32.1. The second-order valence-corrected chi connectivity index (χ2v) is 5.91. The van der Waals surface area contributed by atoms with E-state index in [0.717, 1.165) is 0 Å². The summed E-state index contributed by atoms with van der Waals surface area (Å²) in [6, 6.07) is -4.25. The molecule has 4 atom stereocenters. The number of nitrogens with two attached hydrogens (primary N) is 1. The molecule has 0 spiro atoms. The summed E-state index contributed by atoms with van der Waals surface area (Å²) in [6.07, 6.45) is 0. The van der Waals surface area contributed by atoms with Crippen LogP contribution in [0.1, 0.15) is 20.8 Å². The van der Waals surface area contributed by atoms with E-state index in [0.29, 0.717) is 0 Å². The van der Waals surface area contributed by atoms with Gasteiger partial charge in [-0.2, -0.15) is 12.6 Å². The predicted octanol–water partition coefficient (Wildman–Crippen LogP) is -3.61. The Kier molecular flexibility index (Phi) is 10.3. The first kappa shape index (κ1) is 23.7. The van der Waals surface area contributed by atoms with E-state index in [-0.39, 0.29) is 5.75 Å². The van der Waals surface area contributed by atoms with Gasteiger partial charge in [0.15, 0.2) is 0 Å². The van der Waals surface area contributed by atoms with Gasteiger partial charge in [0.05, 0.1) is 6.61 Å². The van der Waals surface area contributed by atoms with Gasteiger partial charge in [-0.3, -0.25) is 24.0 Å². The lowest BCUT2D eigenvalue weighted by Gasteiger charge is -2.22. The number of thiol groups is 1. The molecule has 0 aliphatic rings. The number of hydrogen-bond donors (Lipinski definition) is 7. The number of carbonyl (C=O) groups is 5. The summed E-state index contributed by atoms with van der Waals surface area (Å²) in [5.41, 5.74) is 5.04. The highest BCUT2D eigenvalue weighted by molar-refractivity contribution is 7.80. The highest BCUT2D eigenvalue weighted by Gasteiger charge is 2.27. The molecule has 0 aromatic carbocycles. The van der Waals surface area contributed by atoms with Crippen molar-refractivity contribution in [1.29, 1.82) is 0 Å². The molecule has 0 heterocycles. The molecule has 0 radical (unpaired) electrons. The topological polar surface area (TPSA) is 180 Å². The normalized spacial score (nSPS) is 15.0. The lowest BCUT2D eigenvalue weighted by molar-refractivity contribution is -0.133. The van der Waals surface area contributed by atoms with Crippen LogP contribution in [0.2, 0.25) is 0 Å². The zero-order valence-corrected chi connectivity index (χ0v) is 15.6. The van der Waals surface area contributed by atoms with E-state index in [1.54, 1.807) is 0 Å². The number of aliphatic hydroxyl groups excluding tert-OH is 1. The molecule has 0 aliphatic carbocycles. The van der Waals surface area contributed by atoms with Crippen LogP contribution in [0.4, 0.5) is 0 Å². The van der Waals surface area contributed by atoms with Crippen molar-refractivity contribution in [2.45, 2.75) is 44.9 Å². The van der Waals surface area contributed by atoms with Crippen molar-refractivity contribution >= 4 is 42.2 Å². The van der Waals surface area contributed by atoms with Gasteiger partial charge in [-0.25, -0.2) is 0 Å². The number of primary amides is 1. The molecule has 7 N–H and O–H groups in total. The van der Waals surface area contributed by atoms with Crippen molar-refractivity contribution < 1.29 is 29.1 Å². The molecule has 0 rings (SSSR count). The number of carbonyl (C=O) groups excluding carboxylic acids is 5. The number of hydrogen-bond acceptors (Lipinski definition) is 7. The molecule has 0 aromatic rings. The first-order chi connectivity index (χ1) is 12.0. The Morgan fingerprint density at radius 2 is 1.38 bits per heavy atom. The van der Waals surface area contributed by atoms with Crippen LogP contribution in [0.3, 0.4) is 0 Å². The van der Waals surface area contributed by atoms with E-state index in [9.17, 15) is 24.0 Å². The molecule has 26 heavy (non-hydrogen) atoms. The second kappa shape index (κ2) is 11.3. The van der Waals surface area contributed by atoms with Crippen LogP contribution >= 0.6 is 12.6 Å². The van der Waals surface area contributed by atoms with Gasteiger partial charge in [-0.05, 0) is 13.8 Å². The van der Waals surface area contributed by atoms with Gasteiger partial charge in [0.25, 0.3) is 0 Å². The molecular weight excluding hydrogens is 366 g/mol. The van der Waals surface area contributed by atoms with Crippen LogP contribution in [-0.4, -0.2) is 71.2 Å². The molecule has 0 bridgehead atoms. The molecule has 11 nitrogen and oxygen atoms in total. The number of rotatable bonds is 10. The molecule has 0 unspecified atom stereocenters. The van der Waals surface area contributed by atoms with Gasteiger partial charge in [-0.1, -0.05) is 0 Å². The molecule has 0 aromatic heterocycles. The molecule has 5 amide bonds. The molecule has 0 saturated heterocycles. The van der Waals surface area contributed by atoms with Gasteiger partial charge < -0.3 is 32.1 Å². The summed E-state index contributed by atoms with van der Waals surface area (Å²) in [6.45, 7) is 3.29. The molecular formula is C14H25N5O6S. The van der Waals surface area contributed by atoms with Crippen LogP contribution in [-0.2, 0) is 24.0 Å². The van der Waals surface area contributed by atoms with Crippen molar-refractivity contribution in [2.24, 2.45) is 5.73 Å². The third-order valence-corrected chi connectivity index (χ3v) is 3.59. The fourth-order valence-electron chi connectivity index (χ4n) is 1.69.